The maximum absolute atomic E-state index is 13.4. The Hall–Kier alpha value is -1.13. The van der Waals surface area contributed by atoms with Crippen LogP contribution in [0.3, 0.4) is 0 Å². The van der Waals surface area contributed by atoms with Gasteiger partial charge in [0.2, 0.25) is 0 Å². The summed E-state index contributed by atoms with van der Waals surface area (Å²) in [6.45, 7) is 0.383. The molecule has 0 radical (unpaired) electrons. The molecule has 0 saturated heterocycles. The molecule has 0 unspecified atom stereocenters. The molecule has 5 heteroatoms. The molecule has 3 N–H and O–H groups in total. The Balaban J connectivity index is 1.99. The van der Waals surface area contributed by atoms with E-state index in [1.807, 2.05) is 0 Å². The van der Waals surface area contributed by atoms with Gasteiger partial charge in [-0.15, -0.1) is 0 Å². The number of rotatable bonds is 3. The Labute approximate surface area is 104 Å². The summed E-state index contributed by atoms with van der Waals surface area (Å²) in [5, 5.41) is 2.93. The lowest BCUT2D eigenvalue weighted by atomic mass is 9.78. The molecule has 0 spiro atoms. The number of amides is 1. The number of nitrogens with two attached hydrogens (primary N) is 1. The van der Waals surface area contributed by atoms with E-state index in [-0.39, 0.29) is 16.1 Å². The number of carbonyl (C=O) groups is 1. The Morgan fingerprint density at radius 1 is 1.53 bits per heavy atom. The van der Waals surface area contributed by atoms with E-state index >= 15 is 0 Å². The quantitative estimate of drug-likeness (QED) is 0.870. The molecule has 2 rings (SSSR count). The van der Waals surface area contributed by atoms with E-state index in [4.69, 9.17) is 17.3 Å². The Morgan fingerprint density at radius 2 is 2.24 bits per heavy atom. The van der Waals surface area contributed by atoms with Crippen molar-refractivity contribution in [3.8, 4) is 0 Å². The van der Waals surface area contributed by atoms with E-state index in [0.29, 0.717) is 6.54 Å². The molecule has 1 aliphatic rings. The summed E-state index contributed by atoms with van der Waals surface area (Å²) in [7, 11) is 0. The predicted molar refractivity (Wildman–Crippen MR) is 64.5 cm³/mol. The van der Waals surface area contributed by atoms with Gasteiger partial charge in [0.05, 0.1) is 5.56 Å². The molecule has 0 aliphatic heterocycles. The molecule has 0 atom stereocenters. The normalized spacial score (nSPS) is 17.4. The number of hydrogen-bond acceptors (Lipinski definition) is 2. The van der Waals surface area contributed by atoms with Crippen molar-refractivity contribution in [3.63, 3.8) is 0 Å². The lowest BCUT2D eigenvalue weighted by Gasteiger charge is -2.38. The lowest BCUT2D eigenvalue weighted by Crippen LogP contribution is -2.55. The first-order chi connectivity index (χ1) is 8.00. The molecular weight excluding hydrogens is 243 g/mol. The summed E-state index contributed by atoms with van der Waals surface area (Å²) in [4.78, 5) is 11.7. The first-order valence-corrected chi connectivity index (χ1v) is 5.90. The van der Waals surface area contributed by atoms with Gasteiger partial charge in [0.1, 0.15) is 5.82 Å². The molecule has 92 valence electrons. The number of nitrogens with one attached hydrogen (secondary N) is 1. The minimum Gasteiger partial charge on any atom is -0.350 e. The average Bonchev–Trinajstić information content (AvgIpc) is 2.23. The van der Waals surface area contributed by atoms with Crippen LogP contribution in [-0.2, 0) is 0 Å². The zero-order chi connectivity index (χ0) is 12.5. The van der Waals surface area contributed by atoms with Crippen molar-refractivity contribution in [3.05, 3.63) is 34.6 Å². The van der Waals surface area contributed by atoms with Gasteiger partial charge in [0, 0.05) is 17.1 Å². The maximum atomic E-state index is 13.4. The van der Waals surface area contributed by atoms with Crippen molar-refractivity contribution in [2.24, 2.45) is 5.73 Å². The fourth-order valence-corrected chi connectivity index (χ4v) is 1.99. The van der Waals surface area contributed by atoms with Gasteiger partial charge in [-0.2, -0.15) is 0 Å². The summed E-state index contributed by atoms with van der Waals surface area (Å²) in [5.41, 5.74) is 5.65. The first kappa shape index (κ1) is 12.3. The third-order valence-electron chi connectivity index (χ3n) is 3.13. The van der Waals surface area contributed by atoms with Crippen molar-refractivity contribution >= 4 is 17.5 Å². The van der Waals surface area contributed by atoms with Crippen molar-refractivity contribution < 1.29 is 9.18 Å². The van der Waals surface area contributed by atoms with Crippen molar-refractivity contribution in [1.29, 1.82) is 0 Å². The van der Waals surface area contributed by atoms with E-state index in [1.165, 1.54) is 12.1 Å². The molecule has 1 aromatic rings. The Bertz CT molecular complexity index is 446. The highest BCUT2D eigenvalue weighted by molar-refractivity contribution is 6.30. The fraction of sp³-hybridized carbons (Fsp3) is 0.417. The van der Waals surface area contributed by atoms with Crippen LogP contribution >= 0.6 is 11.6 Å². The zero-order valence-corrected chi connectivity index (χ0v) is 10.1. The SMILES string of the molecule is NC1(CNC(=O)c2ccc(Cl)cc2F)CCC1. The van der Waals surface area contributed by atoms with Crippen LogP contribution in [-0.4, -0.2) is 18.0 Å². The van der Waals surface area contributed by atoms with Crippen molar-refractivity contribution in [2.45, 2.75) is 24.8 Å². The topological polar surface area (TPSA) is 55.1 Å². The molecule has 1 fully saturated rings. The van der Waals surface area contributed by atoms with Gasteiger partial charge in [-0.1, -0.05) is 11.6 Å². The van der Waals surface area contributed by atoms with Gasteiger partial charge in [-0.05, 0) is 37.5 Å². The smallest absolute Gasteiger partial charge is 0.254 e. The second-order valence-electron chi connectivity index (χ2n) is 4.52. The molecule has 0 aromatic heterocycles. The average molecular weight is 257 g/mol. The summed E-state index contributed by atoms with van der Waals surface area (Å²) in [5.74, 6) is -1.06. The van der Waals surface area contributed by atoms with E-state index in [2.05, 4.69) is 5.32 Å². The lowest BCUT2D eigenvalue weighted by molar-refractivity contribution is 0.0926. The van der Waals surface area contributed by atoms with Crippen molar-refractivity contribution in [1.82, 2.24) is 5.32 Å². The number of halogens is 2. The van der Waals surface area contributed by atoms with Crippen LogP contribution in [0.4, 0.5) is 4.39 Å². The van der Waals surface area contributed by atoms with Gasteiger partial charge >= 0.3 is 0 Å². The van der Waals surface area contributed by atoms with Crippen LogP contribution in [0.5, 0.6) is 0 Å². The van der Waals surface area contributed by atoms with Crippen LogP contribution in [0, 0.1) is 5.82 Å². The number of carbonyl (C=O) groups excluding carboxylic acids is 1. The molecule has 1 amide bonds. The summed E-state index contributed by atoms with van der Waals surface area (Å²) < 4.78 is 13.4. The van der Waals surface area contributed by atoms with Crippen LogP contribution < -0.4 is 11.1 Å². The molecule has 17 heavy (non-hydrogen) atoms. The highest BCUT2D eigenvalue weighted by atomic mass is 35.5. The second kappa shape index (κ2) is 4.63. The monoisotopic (exact) mass is 256 g/mol. The Morgan fingerprint density at radius 3 is 2.76 bits per heavy atom. The second-order valence-corrected chi connectivity index (χ2v) is 4.96. The molecule has 3 nitrogen and oxygen atoms in total. The third kappa shape index (κ3) is 2.76. The summed E-state index contributed by atoms with van der Waals surface area (Å²) in [6.07, 6.45) is 2.88. The van der Waals surface area contributed by atoms with Gasteiger partial charge in [-0.25, -0.2) is 4.39 Å². The fourth-order valence-electron chi connectivity index (χ4n) is 1.83. The molecule has 0 heterocycles. The predicted octanol–water partition coefficient (Wildman–Crippen LogP) is 2.09. The molecular formula is C12H14ClFN2O. The summed E-state index contributed by atoms with van der Waals surface area (Å²) >= 11 is 5.61. The van der Waals surface area contributed by atoms with Gasteiger partial charge in [-0.3, -0.25) is 4.79 Å². The van der Waals surface area contributed by atoms with Gasteiger partial charge in [0.25, 0.3) is 5.91 Å². The number of benzene rings is 1. The zero-order valence-electron chi connectivity index (χ0n) is 9.30. The molecule has 1 aliphatic carbocycles. The number of hydrogen-bond donors (Lipinski definition) is 2. The minimum absolute atomic E-state index is 0.00248. The van der Waals surface area contributed by atoms with Crippen LogP contribution in [0.2, 0.25) is 5.02 Å². The highest BCUT2D eigenvalue weighted by Gasteiger charge is 2.32. The van der Waals surface area contributed by atoms with Gasteiger partial charge in [0.15, 0.2) is 0 Å². The standard InChI is InChI=1S/C12H14ClFN2O/c13-8-2-3-9(10(14)6-8)11(17)16-7-12(15)4-1-5-12/h2-3,6H,1,4-5,7,15H2,(H,16,17). The molecule has 0 bridgehead atoms. The summed E-state index contributed by atoms with van der Waals surface area (Å²) in [6, 6.07) is 3.98. The van der Waals surface area contributed by atoms with Crippen LogP contribution in [0.15, 0.2) is 18.2 Å². The van der Waals surface area contributed by atoms with E-state index in [9.17, 15) is 9.18 Å². The highest BCUT2D eigenvalue weighted by Crippen LogP contribution is 2.28. The van der Waals surface area contributed by atoms with Gasteiger partial charge < -0.3 is 11.1 Å². The van der Waals surface area contributed by atoms with Crippen LogP contribution in [0.1, 0.15) is 29.6 Å². The van der Waals surface area contributed by atoms with Crippen molar-refractivity contribution in [2.75, 3.05) is 6.54 Å². The molecule has 1 aromatic carbocycles. The first-order valence-electron chi connectivity index (χ1n) is 5.52. The van der Waals surface area contributed by atoms with E-state index in [0.717, 1.165) is 25.3 Å². The molecule has 1 saturated carbocycles. The maximum Gasteiger partial charge on any atom is 0.254 e. The third-order valence-corrected chi connectivity index (χ3v) is 3.36. The van der Waals surface area contributed by atoms with E-state index in [1.54, 1.807) is 0 Å². The largest absolute Gasteiger partial charge is 0.350 e. The Kier molecular flexibility index (Phi) is 3.35. The minimum atomic E-state index is -0.616. The van der Waals surface area contributed by atoms with Crippen LogP contribution in [0.25, 0.3) is 0 Å². The van der Waals surface area contributed by atoms with E-state index < -0.39 is 11.7 Å².